The van der Waals surface area contributed by atoms with Crippen molar-refractivity contribution in [3.05, 3.63) is 23.8 Å². The molecule has 2 N–H and O–H groups in total. The van der Waals surface area contributed by atoms with Crippen LogP contribution in [0.5, 0.6) is 11.5 Å². The highest BCUT2D eigenvalue weighted by atomic mass is 16.5. The molecular weight excluding hydrogens is 244 g/mol. The number of amides is 1. The van der Waals surface area contributed by atoms with E-state index >= 15 is 0 Å². The average molecular weight is 264 g/mol. The summed E-state index contributed by atoms with van der Waals surface area (Å²) in [5, 5.41) is 13.1. The third kappa shape index (κ3) is 2.98. The number of carbonyl (C=O) groups excluding carboxylic acids is 1. The molecule has 1 aromatic carbocycles. The van der Waals surface area contributed by atoms with Gasteiger partial charge in [-0.25, -0.2) is 0 Å². The van der Waals surface area contributed by atoms with Gasteiger partial charge in [-0.2, -0.15) is 0 Å². The fourth-order valence-corrected chi connectivity index (χ4v) is 2.36. The number of nitrogens with one attached hydrogen (secondary N) is 1. The molecule has 2 rings (SSSR count). The zero-order chi connectivity index (χ0) is 13.8. The quantitative estimate of drug-likeness (QED) is 0.862. The molecule has 0 bridgehead atoms. The molecule has 1 aliphatic rings. The van der Waals surface area contributed by atoms with Crippen molar-refractivity contribution in [2.24, 2.45) is 0 Å². The van der Waals surface area contributed by atoms with Crippen LogP contribution in [0.25, 0.3) is 0 Å². The van der Waals surface area contributed by atoms with Gasteiger partial charge in [0.25, 0.3) is 5.91 Å². The van der Waals surface area contributed by atoms with E-state index in [0.29, 0.717) is 11.3 Å². The lowest BCUT2D eigenvalue weighted by atomic mass is 10.0. The first-order chi connectivity index (χ1) is 9.13. The number of ether oxygens (including phenoxy) is 1. The second-order valence-corrected chi connectivity index (χ2v) is 4.78. The van der Waals surface area contributed by atoms with Crippen LogP contribution in [0.3, 0.4) is 0 Å². The van der Waals surface area contributed by atoms with Crippen molar-refractivity contribution >= 4 is 5.91 Å². The van der Waals surface area contributed by atoms with Crippen molar-refractivity contribution in [1.82, 2.24) is 10.2 Å². The predicted molar refractivity (Wildman–Crippen MR) is 72.6 cm³/mol. The highest BCUT2D eigenvalue weighted by Gasteiger charge is 2.24. The Bertz CT molecular complexity index is 456. The summed E-state index contributed by atoms with van der Waals surface area (Å²) in [5.41, 5.74) is 0.292. The Morgan fingerprint density at radius 2 is 2.11 bits per heavy atom. The summed E-state index contributed by atoms with van der Waals surface area (Å²) in [7, 11) is 3.33. The van der Waals surface area contributed by atoms with Crippen LogP contribution in [-0.4, -0.2) is 49.2 Å². The lowest BCUT2D eigenvalue weighted by Gasteiger charge is -2.31. The van der Waals surface area contributed by atoms with E-state index in [0.717, 1.165) is 25.9 Å². The molecule has 0 unspecified atom stereocenters. The minimum Gasteiger partial charge on any atom is -0.507 e. The fourth-order valence-electron chi connectivity index (χ4n) is 2.36. The van der Waals surface area contributed by atoms with E-state index in [2.05, 4.69) is 5.32 Å². The normalized spacial score (nSPS) is 16.1. The second kappa shape index (κ2) is 5.93. The van der Waals surface area contributed by atoms with Gasteiger partial charge in [-0.1, -0.05) is 0 Å². The van der Waals surface area contributed by atoms with Crippen molar-refractivity contribution in [1.29, 1.82) is 0 Å². The minimum absolute atomic E-state index is 0.00779. The highest BCUT2D eigenvalue weighted by Crippen LogP contribution is 2.25. The summed E-state index contributed by atoms with van der Waals surface area (Å²) < 4.78 is 5.09. The number of phenols is 1. The smallest absolute Gasteiger partial charge is 0.257 e. The number of benzene rings is 1. The first kappa shape index (κ1) is 13.7. The van der Waals surface area contributed by atoms with Gasteiger partial charge >= 0.3 is 0 Å². The zero-order valence-corrected chi connectivity index (χ0v) is 11.3. The summed E-state index contributed by atoms with van der Waals surface area (Å²) in [6, 6.07) is 4.92. The van der Waals surface area contributed by atoms with Crippen LogP contribution in [-0.2, 0) is 0 Å². The SMILES string of the molecule is COc1ccc(O)c(C(=O)N(C)C2CCNCC2)c1. The van der Waals surface area contributed by atoms with Gasteiger partial charge in [0.1, 0.15) is 11.5 Å². The molecule has 1 heterocycles. The number of aromatic hydroxyl groups is 1. The monoisotopic (exact) mass is 264 g/mol. The van der Waals surface area contributed by atoms with Crippen LogP contribution in [0.1, 0.15) is 23.2 Å². The van der Waals surface area contributed by atoms with Crippen molar-refractivity contribution in [2.45, 2.75) is 18.9 Å². The number of hydrogen-bond donors (Lipinski definition) is 2. The molecule has 1 aromatic rings. The van der Waals surface area contributed by atoms with E-state index in [4.69, 9.17) is 4.74 Å². The zero-order valence-electron chi connectivity index (χ0n) is 11.3. The third-order valence-corrected chi connectivity index (χ3v) is 3.61. The summed E-state index contributed by atoms with van der Waals surface area (Å²) in [4.78, 5) is 14.1. The van der Waals surface area contributed by atoms with Gasteiger partial charge in [0, 0.05) is 13.1 Å². The summed E-state index contributed by atoms with van der Waals surface area (Å²) in [6.45, 7) is 1.85. The van der Waals surface area contributed by atoms with Crippen LogP contribution < -0.4 is 10.1 Å². The van der Waals surface area contributed by atoms with Gasteiger partial charge in [-0.3, -0.25) is 4.79 Å². The lowest BCUT2D eigenvalue weighted by molar-refractivity contribution is 0.0700. The predicted octanol–water partition coefficient (Wildman–Crippen LogP) is 1.22. The minimum atomic E-state index is -0.164. The number of phenolic OH excluding ortho intramolecular Hbond substituents is 1. The van der Waals surface area contributed by atoms with Gasteiger partial charge in [0.2, 0.25) is 0 Å². The van der Waals surface area contributed by atoms with E-state index in [1.807, 2.05) is 0 Å². The average Bonchev–Trinajstić information content (AvgIpc) is 2.47. The molecule has 1 fully saturated rings. The van der Waals surface area contributed by atoms with E-state index in [1.54, 1.807) is 24.1 Å². The standard InChI is InChI=1S/C14H20N2O3/c1-16(10-5-7-15-8-6-10)14(18)12-9-11(19-2)3-4-13(12)17/h3-4,9-10,15,17H,5-8H2,1-2H3. The molecular formula is C14H20N2O3. The van der Waals surface area contributed by atoms with Crippen LogP contribution in [0, 0.1) is 0 Å². The van der Waals surface area contributed by atoms with E-state index in [1.165, 1.54) is 13.2 Å². The van der Waals surface area contributed by atoms with Crippen molar-refractivity contribution in [2.75, 3.05) is 27.2 Å². The van der Waals surface area contributed by atoms with Crippen molar-refractivity contribution in [3.63, 3.8) is 0 Å². The lowest BCUT2D eigenvalue weighted by Crippen LogP contribution is -2.43. The molecule has 19 heavy (non-hydrogen) atoms. The molecule has 0 aliphatic carbocycles. The Kier molecular flexibility index (Phi) is 4.27. The van der Waals surface area contributed by atoms with E-state index < -0.39 is 0 Å². The molecule has 1 saturated heterocycles. The molecule has 0 spiro atoms. The van der Waals surface area contributed by atoms with Crippen LogP contribution in [0.15, 0.2) is 18.2 Å². The van der Waals surface area contributed by atoms with Gasteiger partial charge in [-0.05, 0) is 44.1 Å². The molecule has 1 aliphatic heterocycles. The maximum Gasteiger partial charge on any atom is 0.257 e. The summed E-state index contributed by atoms with van der Waals surface area (Å²) >= 11 is 0. The molecule has 0 aromatic heterocycles. The Balaban J connectivity index is 2.18. The maximum absolute atomic E-state index is 12.4. The Morgan fingerprint density at radius 3 is 2.74 bits per heavy atom. The van der Waals surface area contributed by atoms with E-state index in [9.17, 15) is 9.90 Å². The Hall–Kier alpha value is -1.75. The Morgan fingerprint density at radius 1 is 1.42 bits per heavy atom. The first-order valence-corrected chi connectivity index (χ1v) is 6.48. The topological polar surface area (TPSA) is 61.8 Å². The largest absolute Gasteiger partial charge is 0.507 e. The van der Waals surface area contributed by atoms with Crippen molar-refractivity contribution in [3.8, 4) is 11.5 Å². The van der Waals surface area contributed by atoms with Gasteiger partial charge in [0.15, 0.2) is 0 Å². The molecule has 0 saturated carbocycles. The molecule has 5 heteroatoms. The number of piperidine rings is 1. The second-order valence-electron chi connectivity index (χ2n) is 4.78. The van der Waals surface area contributed by atoms with Crippen LogP contribution in [0.4, 0.5) is 0 Å². The van der Waals surface area contributed by atoms with E-state index in [-0.39, 0.29) is 17.7 Å². The number of methoxy groups -OCH3 is 1. The summed E-state index contributed by atoms with van der Waals surface area (Å²) in [5.74, 6) is 0.398. The highest BCUT2D eigenvalue weighted by molar-refractivity contribution is 5.97. The fraction of sp³-hybridized carbons (Fsp3) is 0.500. The molecule has 0 atom stereocenters. The molecule has 104 valence electrons. The number of rotatable bonds is 3. The summed E-state index contributed by atoms with van der Waals surface area (Å²) in [6.07, 6.45) is 1.87. The first-order valence-electron chi connectivity index (χ1n) is 6.48. The molecule has 5 nitrogen and oxygen atoms in total. The number of hydrogen-bond acceptors (Lipinski definition) is 4. The Labute approximate surface area is 113 Å². The molecule has 1 amide bonds. The van der Waals surface area contributed by atoms with Gasteiger partial charge in [-0.15, -0.1) is 0 Å². The van der Waals surface area contributed by atoms with Gasteiger partial charge in [0.05, 0.1) is 12.7 Å². The number of carbonyl (C=O) groups is 1. The van der Waals surface area contributed by atoms with Gasteiger partial charge < -0.3 is 20.1 Å². The number of nitrogens with zero attached hydrogens (tertiary/aromatic N) is 1. The third-order valence-electron chi connectivity index (χ3n) is 3.61. The van der Waals surface area contributed by atoms with Crippen LogP contribution in [0.2, 0.25) is 0 Å². The van der Waals surface area contributed by atoms with Crippen LogP contribution >= 0.6 is 0 Å². The van der Waals surface area contributed by atoms with Crippen molar-refractivity contribution < 1.29 is 14.6 Å². The maximum atomic E-state index is 12.4. The molecule has 0 radical (unpaired) electrons.